The number of amides is 1. The lowest BCUT2D eigenvalue weighted by Gasteiger charge is -2.27. The fourth-order valence-electron chi connectivity index (χ4n) is 2.41. The third-order valence-corrected chi connectivity index (χ3v) is 3.79. The maximum atomic E-state index is 12.4. The molecule has 1 amide bonds. The summed E-state index contributed by atoms with van der Waals surface area (Å²) in [5.74, 6) is 0.262. The summed E-state index contributed by atoms with van der Waals surface area (Å²) in [6.45, 7) is 3.84. The standard InChI is InChI=1S/C18H20ClNO3/c1-18(2,11-12-7-9-13(23-3)10-8-12)20-17(22)16-14(19)5-4-6-15(16)21/h4-10,21H,11H2,1-3H3,(H,20,22). The number of carbonyl (C=O) groups excluding carboxylic acids is 1. The summed E-state index contributed by atoms with van der Waals surface area (Å²) in [7, 11) is 1.62. The quantitative estimate of drug-likeness (QED) is 0.874. The second-order valence-electron chi connectivity index (χ2n) is 6.00. The summed E-state index contributed by atoms with van der Waals surface area (Å²) < 4.78 is 5.14. The van der Waals surface area contributed by atoms with Gasteiger partial charge in [-0.25, -0.2) is 0 Å². The normalized spacial score (nSPS) is 11.1. The summed E-state index contributed by atoms with van der Waals surface area (Å²) in [6, 6.07) is 12.3. The molecule has 0 saturated carbocycles. The fraction of sp³-hybridized carbons (Fsp3) is 0.278. The summed E-state index contributed by atoms with van der Waals surface area (Å²) in [6.07, 6.45) is 0.633. The lowest BCUT2D eigenvalue weighted by molar-refractivity contribution is 0.0910. The summed E-state index contributed by atoms with van der Waals surface area (Å²) in [4.78, 5) is 12.4. The zero-order valence-electron chi connectivity index (χ0n) is 13.4. The number of hydrogen-bond acceptors (Lipinski definition) is 3. The molecule has 4 nitrogen and oxygen atoms in total. The van der Waals surface area contributed by atoms with Gasteiger partial charge in [-0.1, -0.05) is 29.8 Å². The van der Waals surface area contributed by atoms with E-state index in [1.54, 1.807) is 19.2 Å². The third-order valence-electron chi connectivity index (χ3n) is 3.48. The van der Waals surface area contributed by atoms with E-state index in [2.05, 4.69) is 5.32 Å². The van der Waals surface area contributed by atoms with Crippen molar-refractivity contribution < 1.29 is 14.6 Å². The van der Waals surface area contributed by atoms with E-state index in [0.29, 0.717) is 6.42 Å². The van der Waals surface area contributed by atoms with Crippen LogP contribution in [0, 0.1) is 0 Å². The Labute approximate surface area is 141 Å². The molecule has 2 aromatic rings. The summed E-state index contributed by atoms with van der Waals surface area (Å²) in [5.41, 5.74) is 0.661. The van der Waals surface area contributed by atoms with E-state index in [-0.39, 0.29) is 16.3 Å². The number of carbonyl (C=O) groups is 1. The van der Waals surface area contributed by atoms with E-state index in [9.17, 15) is 9.90 Å². The number of nitrogens with one attached hydrogen (secondary N) is 1. The predicted octanol–water partition coefficient (Wildman–Crippen LogP) is 3.81. The number of ether oxygens (including phenoxy) is 1. The maximum Gasteiger partial charge on any atom is 0.256 e. The second kappa shape index (κ2) is 6.92. The van der Waals surface area contributed by atoms with Crippen LogP contribution in [0.1, 0.15) is 29.8 Å². The Morgan fingerprint density at radius 1 is 1.22 bits per heavy atom. The Kier molecular flexibility index (Phi) is 5.16. The highest BCUT2D eigenvalue weighted by atomic mass is 35.5. The Bertz CT molecular complexity index is 676. The average Bonchev–Trinajstić information content (AvgIpc) is 2.46. The molecular formula is C18H20ClNO3. The number of hydrogen-bond donors (Lipinski definition) is 2. The molecule has 0 heterocycles. The van der Waals surface area contributed by atoms with Crippen molar-refractivity contribution >= 4 is 17.5 Å². The highest BCUT2D eigenvalue weighted by Gasteiger charge is 2.24. The minimum atomic E-state index is -0.503. The highest BCUT2D eigenvalue weighted by molar-refractivity contribution is 6.34. The molecule has 0 radical (unpaired) electrons. The van der Waals surface area contributed by atoms with Crippen molar-refractivity contribution in [3.63, 3.8) is 0 Å². The van der Waals surface area contributed by atoms with Crippen molar-refractivity contribution in [1.82, 2.24) is 5.32 Å². The molecule has 0 saturated heterocycles. The average molecular weight is 334 g/mol. The maximum absolute atomic E-state index is 12.4. The number of methoxy groups -OCH3 is 1. The van der Waals surface area contributed by atoms with Crippen molar-refractivity contribution in [3.8, 4) is 11.5 Å². The van der Waals surface area contributed by atoms with Gasteiger partial charge in [0.05, 0.1) is 17.7 Å². The van der Waals surface area contributed by atoms with Crippen LogP contribution in [0.25, 0.3) is 0 Å². The molecule has 0 aromatic heterocycles. The van der Waals surface area contributed by atoms with Crippen LogP contribution in [-0.2, 0) is 6.42 Å². The van der Waals surface area contributed by atoms with Gasteiger partial charge in [0, 0.05) is 5.54 Å². The van der Waals surface area contributed by atoms with Crippen molar-refractivity contribution in [2.24, 2.45) is 0 Å². The Hall–Kier alpha value is -2.20. The predicted molar refractivity (Wildman–Crippen MR) is 91.4 cm³/mol. The van der Waals surface area contributed by atoms with Gasteiger partial charge >= 0.3 is 0 Å². The van der Waals surface area contributed by atoms with Gasteiger partial charge in [-0.3, -0.25) is 4.79 Å². The molecule has 0 aliphatic heterocycles. The number of phenols is 1. The van der Waals surface area contributed by atoms with Gasteiger partial charge in [0.25, 0.3) is 5.91 Å². The molecule has 5 heteroatoms. The second-order valence-corrected chi connectivity index (χ2v) is 6.40. The Morgan fingerprint density at radius 2 is 1.87 bits per heavy atom. The Morgan fingerprint density at radius 3 is 2.43 bits per heavy atom. The smallest absolute Gasteiger partial charge is 0.256 e. The lowest BCUT2D eigenvalue weighted by atomic mass is 9.94. The molecule has 0 aliphatic rings. The van der Waals surface area contributed by atoms with Gasteiger partial charge in [0.1, 0.15) is 11.5 Å². The lowest BCUT2D eigenvalue weighted by Crippen LogP contribution is -2.45. The van der Waals surface area contributed by atoms with Gasteiger partial charge in [0.15, 0.2) is 0 Å². The van der Waals surface area contributed by atoms with Crippen LogP contribution in [0.3, 0.4) is 0 Å². The molecule has 122 valence electrons. The van der Waals surface area contributed by atoms with E-state index in [1.165, 1.54) is 6.07 Å². The number of rotatable bonds is 5. The van der Waals surface area contributed by atoms with Crippen molar-refractivity contribution in [1.29, 1.82) is 0 Å². The van der Waals surface area contributed by atoms with E-state index >= 15 is 0 Å². The molecule has 0 fully saturated rings. The van der Waals surface area contributed by atoms with Gasteiger partial charge in [-0.05, 0) is 50.1 Å². The van der Waals surface area contributed by atoms with E-state index in [0.717, 1.165) is 11.3 Å². The van der Waals surface area contributed by atoms with E-state index < -0.39 is 11.4 Å². The van der Waals surface area contributed by atoms with E-state index in [4.69, 9.17) is 16.3 Å². The van der Waals surface area contributed by atoms with Crippen LogP contribution in [0.5, 0.6) is 11.5 Å². The zero-order chi connectivity index (χ0) is 17.0. The first-order valence-corrected chi connectivity index (χ1v) is 7.63. The molecular weight excluding hydrogens is 314 g/mol. The topological polar surface area (TPSA) is 58.6 Å². The van der Waals surface area contributed by atoms with Crippen molar-refractivity contribution in [2.75, 3.05) is 7.11 Å². The summed E-state index contributed by atoms with van der Waals surface area (Å²) >= 11 is 6.01. The first kappa shape index (κ1) is 17.2. The van der Waals surface area contributed by atoms with Crippen molar-refractivity contribution in [2.45, 2.75) is 25.8 Å². The molecule has 0 aliphatic carbocycles. The molecule has 0 spiro atoms. The summed E-state index contributed by atoms with van der Waals surface area (Å²) in [5, 5.41) is 13.0. The van der Waals surface area contributed by atoms with Crippen LogP contribution < -0.4 is 10.1 Å². The van der Waals surface area contributed by atoms with Crippen LogP contribution in [-0.4, -0.2) is 23.7 Å². The number of aromatic hydroxyl groups is 1. The number of halogens is 1. The molecule has 0 atom stereocenters. The first-order valence-electron chi connectivity index (χ1n) is 7.25. The van der Waals surface area contributed by atoms with Crippen LogP contribution in [0.15, 0.2) is 42.5 Å². The monoisotopic (exact) mass is 333 g/mol. The molecule has 2 rings (SSSR count). The van der Waals surface area contributed by atoms with Gasteiger partial charge in [0.2, 0.25) is 0 Å². The fourth-order valence-corrected chi connectivity index (χ4v) is 2.66. The van der Waals surface area contributed by atoms with Crippen LogP contribution >= 0.6 is 11.6 Å². The molecule has 23 heavy (non-hydrogen) atoms. The molecule has 2 aromatic carbocycles. The van der Waals surface area contributed by atoms with Crippen LogP contribution in [0.4, 0.5) is 0 Å². The van der Waals surface area contributed by atoms with Gasteiger partial charge in [-0.15, -0.1) is 0 Å². The molecule has 0 bridgehead atoms. The zero-order valence-corrected chi connectivity index (χ0v) is 14.1. The van der Waals surface area contributed by atoms with Crippen LogP contribution in [0.2, 0.25) is 5.02 Å². The molecule has 2 N–H and O–H groups in total. The Balaban J connectivity index is 2.12. The minimum Gasteiger partial charge on any atom is -0.507 e. The van der Waals surface area contributed by atoms with Gasteiger partial charge in [-0.2, -0.15) is 0 Å². The van der Waals surface area contributed by atoms with E-state index in [1.807, 2.05) is 38.1 Å². The molecule has 0 unspecified atom stereocenters. The van der Waals surface area contributed by atoms with Gasteiger partial charge < -0.3 is 15.2 Å². The number of phenolic OH excluding ortho intramolecular Hbond substituents is 1. The number of benzene rings is 2. The van der Waals surface area contributed by atoms with Crippen molar-refractivity contribution in [3.05, 3.63) is 58.6 Å². The first-order chi connectivity index (χ1) is 10.8. The minimum absolute atomic E-state index is 0.0944. The third kappa shape index (κ3) is 4.39. The highest BCUT2D eigenvalue weighted by Crippen LogP contribution is 2.26. The SMILES string of the molecule is COc1ccc(CC(C)(C)NC(=O)c2c(O)cccc2Cl)cc1. The largest absolute Gasteiger partial charge is 0.507 e.